The topological polar surface area (TPSA) is 63.0 Å². The molecule has 2 aromatic carbocycles. The van der Waals surface area contributed by atoms with Gasteiger partial charge in [0.05, 0.1) is 12.3 Å². The second-order valence-corrected chi connectivity index (χ2v) is 7.91. The first kappa shape index (κ1) is 19.4. The third-order valence-corrected chi connectivity index (χ3v) is 6.36. The molecule has 1 spiro atoms. The molecule has 1 fully saturated rings. The van der Waals surface area contributed by atoms with E-state index in [9.17, 15) is 5.11 Å². The summed E-state index contributed by atoms with van der Waals surface area (Å²) in [4.78, 5) is 0. The number of nitrogens with one attached hydrogen (secondary N) is 1. The molecular formula is C21H22Cl2N4O. The van der Waals surface area contributed by atoms with Gasteiger partial charge in [-0.1, -0.05) is 53.2 Å². The van der Waals surface area contributed by atoms with Crippen LogP contribution in [0.25, 0.3) is 11.3 Å². The molecule has 0 amide bonds. The summed E-state index contributed by atoms with van der Waals surface area (Å²) >= 11 is 5.99. The Bertz CT molecular complexity index is 967. The first-order valence-electron chi connectivity index (χ1n) is 9.35. The van der Waals surface area contributed by atoms with E-state index in [1.54, 1.807) is 0 Å². The maximum atomic E-state index is 11.4. The Hall–Kier alpha value is -1.92. The van der Waals surface area contributed by atoms with E-state index in [4.69, 9.17) is 11.6 Å². The fourth-order valence-electron chi connectivity index (χ4n) is 4.73. The highest BCUT2D eigenvalue weighted by atomic mass is 35.5. The first-order valence-corrected chi connectivity index (χ1v) is 9.73. The maximum Gasteiger partial charge on any atom is 0.113 e. The van der Waals surface area contributed by atoms with Gasteiger partial charge in [0.15, 0.2) is 0 Å². The number of aromatic nitrogens is 3. The van der Waals surface area contributed by atoms with Gasteiger partial charge in [0.1, 0.15) is 11.7 Å². The van der Waals surface area contributed by atoms with Crippen LogP contribution in [0.15, 0.2) is 54.7 Å². The molecule has 5 rings (SSSR count). The van der Waals surface area contributed by atoms with Gasteiger partial charge in [0.25, 0.3) is 0 Å². The summed E-state index contributed by atoms with van der Waals surface area (Å²) in [5.41, 5.74) is 3.94. The van der Waals surface area contributed by atoms with Gasteiger partial charge < -0.3 is 10.4 Å². The Labute approximate surface area is 175 Å². The van der Waals surface area contributed by atoms with Crippen molar-refractivity contribution in [1.29, 1.82) is 0 Å². The van der Waals surface area contributed by atoms with Crippen LogP contribution < -0.4 is 5.32 Å². The molecule has 0 saturated carbocycles. The van der Waals surface area contributed by atoms with Crippen molar-refractivity contribution in [3.8, 4) is 11.3 Å². The zero-order valence-corrected chi connectivity index (χ0v) is 16.8. The second kappa shape index (κ2) is 7.48. The number of rotatable bonds is 2. The summed E-state index contributed by atoms with van der Waals surface area (Å²) in [6.45, 7) is 1.84. The van der Waals surface area contributed by atoms with Crippen molar-refractivity contribution in [2.45, 2.75) is 30.4 Å². The molecule has 2 aliphatic rings. The highest BCUT2D eigenvalue weighted by Crippen LogP contribution is 2.51. The van der Waals surface area contributed by atoms with Crippen molar-refractivity contribution in [2.75, 3.05) is 13.1 Å². The van der Waals surface area contributed by atoms with Gasteiger partial charge in [-0.15, -0.1) is 17.5 Å². The zero-order chi connectivity index (χ0) is 18.4. The number of piperidine rings is 1. The monoisotopic (exact) mass is 416 g/mol. The number of aliphatic hydroxyl groups excluding tert-OH is 1. The number of benzene rings is 2. The Morgan fingerprint density at radius 3 is 2.54 bits per heavy atom. The molecule has 0 radical (unpaired) electrons. The number of hydrogen-bond donors (Lipinski definition) is 2. The summed E-state index contributed by atoms with van der Waals surface area (Å²) in [7, 11) is 0. The third-order valence-electron chi connectivity index (χ3n) is 6.11. The highest BCUT2D eigenvalue weighted by Gasteiger charge is 2.52. The lowest BCUT2D eigenvalue weighted by molar-refractivity contribution is 0.0421. The first-order chi connectivity index (χ1) is 13.2. The van der Waals surface area contributed by atoms with Crippen molar-refractivity contribution in [3.63, 3.8) is 0 Å². The van der Waals surface area contributed by atoms with Crippen LogP contribution in [-0.2, 0) is 5.41 Å². The molecule has 0 bridgehead atoms. The lowest BCUT2D eigenvalue weighted by atomic mass is 9.72. The summed E-state index contributed by atoms with van der Waals surface area (Å²) in [6, 6.07) is 15.7. The van der Waals surface area contributed by atoms with Gasteiger partial charge in [0.2, 0.25) is 0 Å². The molecule has 1 saturated heterocycles. The average molecular weight is 417 g/mol. The molecule has 146 valence electrons. The van der Waals surface area contributed by atoms with Gasteiger partial charge >= 0.3 is 0 Å². The fraction of sp³-hybridized carbons (Fsp3) is 0.333. The molecule has 2 atom stereocenters. The minimum atomic E-state index is -0.517. The van der Waals surface area contributed by atoms with Crippen LogP contribution in [0.5, 0.6) is 0 Å². The van der Waals surface area contributed by atoms with E-state index in [0.717, 1.165) is 42.8 Å². The van der Waals surface area contributed by atoms with Crippen LogP contribution in [0.1, 0.15) is 30.0 Å². The predicted octanol–water partition coefficient (Wildman–Crippen LogP) is 3.61. The van der Waals surface area contributed by atoms with Crippen molar-refractivity contribution < 1.29 is 5.11 Å². The highest BCUT2D eigenvalue weighted by molar-refractivity contribution is 6.30. The maximum absolute atomic E-state index is 11.4. The van der Waals surface area contributed by atoms with E-state index in [0.29, 0.717) is 5.02 Å². The Morgan fingerprint density at radius 1 is 1.07 bits per heavy atom. The number of hydrogen-bond acceptors (Lipinski definition) is 4. The van der Waals surface area contributed by atoms with E-state index in [1.165, 1.54) is 5.56 Å². The molecule has 3 aromatic rings. The molecule has 1 aliphatic carbocycles. The fourth-order valence-corrected chi connectivity index (χ4v) is 4.86. The largest absolute Gasteiger partial charge is 0.390 e. The van der Waals surface area contributed by atoms with Crippen molar-refractivity contribution in [2.24, 2.45) is 0 Å². The van der Waals surface area contributed by atoms with E-state index in [2.05, 4.69) is 33.8 Å². The normalized spacial score (nSPS) is 22.6. The SMILES string of the molecule is Cl.O[C@H]1[C@H](n2cc(-c3ccc(Cl)cc3)nn2)c2ccccc2C12CCNCC2. The lowest BCUT2D eigenvalue weighted by Gasteiger charge is -2.38. The minimum Gasteiger partial charge on any atom is -0.390 e. The molecule has 1 aliphatic heterocycles. The molecular weight excluding hydrogens is 395 g/mol. The molecule has 2 heterocycles. The van der Waals surface area contributed by atoms with Crippen LogP contribution in [0.3, 0.4) is 0 Å². The quantitative estimate of drug-likeness (QED) is 0.669. The molecule has 2 N–H and O–H groups in total. The average Bonchev–Trinajstić information content (AvgIpc) is 3.26. The lowest BCUT2D eigenvalue weighted by Crippen LogP contribution is -2.47. The number of halogens is 2. The standard InChI is InChI=1S/C21H21ClN4O.ClH/c22-15-7-5-14(6-8-15)18-13-26(25-24-18)19-16-3-1-2-4-17(16)21(20(19)27)9-11-23-12-10-21;/h1-8,13,19-20,23,27H,9-12H2;1H/t19-,20+;/m1./s1. The minimum absolute atomic E-state index is 0. The van der Waals surface area contributed by atoms with E-state index in [-0.39, 0.29) is 23.9 Å². The Kier molecular flexibility index (Phi) is 5.19. The van der Waals surface area contributed by atoms with Gasteiger partial charge in [-0.25, -0.2) is 4.68 Å². The Balaban J connectivity index is 0.00000192. The van der Waals surface area contributed by atoms with E-state index in [1.807, 2.05) is 41.2 Å². The number of aliphatic hydroxyl groups is 1. The smallest absolute Gasteiger partial charge is 0.113 e. The van der Waals surface area contributed by atoms with Crippen molar-refractivity contribution in [1.82, 2.24) is 20.3 Å². The van der Waals surface area contributed by atoms with Crippen LogP contribution in [-0.4, -0.2) is 39.3 Å². The number of nitrogens with zero attached hydrogens (tertiary/aromatic N) is 3. The van der Waals surface area contributed by atoms with Crippen LogP contribution in [0, 0.1) is 0 Å². The van der Waals surface area contributed by atoms with Gasteiger partial charge in [0, 0.05) is 16.0 Å². The Morgan fingerprint density at radius 2 is 1.79 bits per heavy atom. The number of fused-ring (bicyclic) bond motifs is 2. The van der Waals surface area contributed by atoms with Crippen LogP contribution >= 0.6 is 24.0 Å². The molecule has 28 heavy (non-hydrogen) atoms. The third kappa shape index (κ3) is 2.94. The zero-order valence-electron chi connectivity index (χ0n) is 15.3. The van der Waals surface area contributed by atoms with E-state index < -0.39 is 6.10 Å². The molecule has 5 nitrogen and oxygen atoms in total. The van der Waals surface area contributed by atoms with Crippen LogP contribution in [0.4, 0.5) is 0 Å². The van der Waals surface area contributed by atoms with Crippen molar-refractivity contribution >= 4 is 24.0 Å². The summed E-state index contributed by atoms with van der Waals surface area (Å²) in [5, 5.41) is 24.3. The molecule has 0 unspecified atom stereocenters. The molecule has 1 aromatic heterocycles. The van der Waals surface area contributed by atoms with Gasteiger partial charge in [-0.2, -0.15) is 0 Å². The van der Waals surface area contributed by atoms with Gasteiger partial charge in [-0.05, 0) is 49.2 Å². The molecule has 7 heteroatoms. The summed E-state index contributed by atoms with van der Waals surface area (Å²) < 4.78 is 1.82. The summed E-state index contributed by atoms with van der Waals surface area (Å²) in [6.07, 6.45) is 3.27. The second-order valence-electron chi connectivity index (χ2n) is 7.47. The predicted molar refractivity (Wildman–Crippen MR) is 112 cm³/mol. The summed E-state index contributed by atoms with van der Waals surface area (Å²) in [5.74, 6) is 0. The van der Waals surface area contributed by atoms with Gasteiger partial charge in [-0.3, -0.25) is 0 Å². The van der Waals surface area contributed by atoms with E-state index >= 15 is 0 Å². The van der Waals surface area contributed by atoms with Crippen LogP contribution in [0.2, 0.25) is 5.02 Å². The van der Waals surface area contributed by atoms with Crippen molar-refractivity contribution in [3.05, 3.63) is 70.9 Å².